The number of hydrogen-bond acceptors (Lipinski definition) is 5. The lowest BCUT2D eigenvalue weighted by Gasteiger charge is -2.08. The number of amides is 1. The van der Waals surface area contributed by atoms with Crippen molar-refractivity contribution >= 4 is 11.7 Å². The molecule has 6 nitrogen and oxygen atoms in total. The molecule has 0 aliphatic carbocycles. The van der Waals surface area contributed by atoms with E-state index in [1.807, 2.05) is 13.0 Å². The summed E-state index contributed by atoms with van der Waals surface area (Å²) in [6.45, 7) is 4.24. The average Bonchev–Trinajstić information content (AvgIpc) is 2.90. The van der Waals surface area contributed by atoms with Crippen LogP contribution in [0.2, 0.25) is 0 Å². The molecule has 1 amide bonds. The van der Waals surface area contributed by atoms with Gasteiger partial charge in [0.2, 0.25) is 0 Å². The molecule has 0 unspecified atom stereocenters. The number of nitrogens with one attached hydrogen (secondary N) is 2. The SMILES string of the molecule is CCCc1cc(C(=O)NCc2cc(C)on2)cc(NC)n1. The summed E-state index contributed by atoms with van der Waals surface area (Å²) in [6, 6.07) is 5.37. The van der Waals surface area contributed by atoms with Crippen molar-refractivity contribution in [2.45, 2.75) is 33.2 Å². The zero-order chi connectivity index (χ0) is 15.2. The van der Waals surface area contributed by atoms with Gasteiger partial charge < -0.3 is 15.2 Å². The summed E-state index contributed by atoms with van der Waals surface area (Å²) < 4.78 is 4.97. The Morgan fingerprint density at radius 2 is 2.10 bits per heavy atom. The van der Waals surface area contributed by atoms with E-state index < -0.39 is 0 Å². The van der Waals surface area contributed by atoms with Crippen LogP contribution in [0.15, 0.2) is 22.7 Å². The standard InChI is InChI=1S/C15H20N4O2/c1-4-5-12-7-11(8-14(16-3)18-12)15(20)17-9-13-6-10(2)21-19-13/h6-8H,4-5,9H2,1-3H3,(H,16,18)(H,17,20). The molecule has 0 saturated heterocycles. The van der Waals surface area contributed by atoms with Gasteiger partial charge >= 0.3 is 0 Å². The van der Waals surface area contributed by atoms with Gasteiger partial charge in [0.05, 0.1) is 6.54 Å². The Balaban J connectivity index is 2.08. The third-order valence-corrected chi connectivity index (χ3v) is 3.01. The minimum atomic E-state index is -0.146. The van der Waals surface area contributed by atoms with Crippen LogP contribution in [-0.2, 0) is 13.0 Å². The lowest BCUT2D eigenvalue weighted by atomic mass is 10.1. The highest BCUT2D eigenvalue weighted by molar-refractivity contribution is 5.94. The van der Waals surface area contributed by atoms with Gasteiger partial charge in [0.15, 0.2) is 0 Å². The van der Waals surface area contributed by atoms with Crippen LogP contribution in [-0.4, -0.2) is 23.1 Å². The van der Waals surface area contributed by atoms with Gasteiger partial charge in [-0.1, -0.05) is 18.5 Å². The number of aromatic nitrogens is 2. The molecule has 6 heteroatoms. The fourth-order valence-corrected chi connectivity index (χ4v) is 2.01. The highest BCUT2D eigenvalue weighted by Gasteiger charge is 2.10. The molecule has 2 rings (SSSR count). The van der Waals surface area contributed by atoms with Crippen LogP contribution in [0.4, 0.5) is 5.82 Å². The summed E-state index contributed by atoms with van der Waals surface area (Å²) in [5.74, 6) is 1.28. The average molecular weight is 288 g/mol. The lowest BCUT2D eigenvalue weighted by Crippen LogP contribution is -2.23. The number of carbonyl (C=O) groups excluding carboxylic acids is 1. The van der Waals surface area contributed by atoms with Crippen LogP contribution in [0.25, 0.3) is 0 Å². The maximum atomic E-state index is 12.2. The Morgan fingerprint density at radius 3 is 2.71 bits per heavy atom. The molecule has 0 spiro atoms. The van der Waals surface area contributed by atoms with Gasteiger partial charge in [0.1, 0.15) is 17.3 Å². The van der Waals surface area contributed by atoms with Crippen molar-refractivity contribution in [3.8, 4) is 0 Å². The number of hydrogen-bond donors (Lipinski definition) is 2. The van der Waals surface area contributed by atoms with Gasteiger partial charge in [0.25, 0.3) is 5.91 Å². The molecule has 21 heavy (non-hydrogen) atoms. The molecule has 0 atom stereocenters. The number of anilines is 1. The first-order valence-corrected chi connectivity index (χ1v) is 7.01. The number of pyridine rings is 1. The number of rotatable bonds is 6. The fourth-order valence-electron chi connectivity index (χ4n) is 2.01. The van der Waals surface area contributed by atoms with Crippen LogP contribution in [0.3, 0.4) is 0 Å². The first-order chi connectivity index (χ1) is 10.1. The molecule has 0 bridgehead atoms. The molecular formula is C15H20N4O2. The maximum absolute atomic E-state index is 12.2. The molecule has 0 aromatic carbocycles. The Morgan fingerprint density at radius 1 is 1.29 bits per heavy atom. The normalized spacial score (nSPS) is 10.4. The summed E-state index contributed by atoms with van der Waals surface area (Å²) in [7, 11) is 1.79. The first-order valence-electron chi connectivity index (χ1n) is 7.01. The Bertz CT molecular complexity index is 622. The zero-order valence-electron chi connectivity index (χ0n) is 12.6. The van der Waals surface area contributed by atoms with Crippen LogP contribution in [0.1, 0.15) is 40.9 Å². The number of nitrogens with zero attached hydrogens (tertiary/aromatic N) is 2. The van der Waals surface area contributed by atoms with Crippen molar-refractivity contribution in [1.82, 2.24) is 15.5 Å². The summed E-state index contributed by atoms with van der Waals surface area (Å²) >= 11 is 0. The molecule has 0 aliphatic heterocycles. The van der Waals surface area contributed by atoms with Crippen molar-refractivity contribution < 1.29 is 9.32 Å². The molecular weight excluding hydrogens is 268 g/mol. The van der Waals surface area contributed by atoms with Crippen LogP contribution in [0, 0.1) is 6.92 Å². The number of carbonyl (C=O) groups is 1. The van der Waals surface area contributed by atoms with E-state index in [-0.39, 0.29) is 5.91 Å². The minimum Gasteiger partial charge on any atom is -0.373 e. The summed E-state index contributed by atoms with van der Waals surface area (Å²) in [5.41, 5.74) is 2.21. The van der Waals surface area contributed by atoms with E-state index in [1.165, 1.54) is 0 Å². The molecule has 2 N–H and O–H groups in total. The van der Waals surface area contributed by atoms with Gasteiger partial charge in [-0.15, -0.1) is 0 Å². The predicted octanol–water partition coefficient (Wildman–Crippen LogP) is 2.30. The third-order valence-electron chi connectivity index (χ3n) is 3.01. The largest absolute Gasteiger partial charge is 0.373 e. The highest BCUT2D eigenvalue weighted by atomic mass is 16.5. The van der Waals surface area contributed by atoms with Gasteiger partial charge in [-0.05, 0) is 25.5 Å². The third kappa shape index (κ3) is 4.05. The molecule has 0 aliphatic rings. The second kappa shape index (κ2) is 6.88. The summed E-state index contributed by atoms with van der Waals surface area (Å²) in [4.78, 5) is 16.7. The van der Waals surface area contributed by atoms with Crippen LogP contribution in [0.5, 0.6) is 0 Å². The Labute approximate surface area is 123 Å². The summed E-state index contributed by atoms with van der Waals surface area (Å²) in [5, 5.41) is 9.66. The van der Waals surface area contributed by atoms with Crippen molar-refractivity contribution in [3.05, 3.63) is 40.9 Å². The van der Waals surface area contributed by atoms with Crippen molar-refractivity contribution in [1.29, 1.82) is 0 Å². The Kier molecular flexibility index (Phi) is 4.92. The predicted molar refractivity (Wildman–Crippen MR) is 80.2 cm³/mol. The van der Waals surface area contributed by atoms with E-state index in [9.17, 15) is 4.79 Å². The zero-order valence-corrected chi connectivity index (χ0v) is 12.6. The van der Waals surface area contributed by atoms with Crippen LogP contribution < -0.4 is 10.6 Å². The van der Waals surface area contributed by atoms with E-state index in [2.05, 4.69) is 27.7 Å². The molecule has 2 aromatic rings. The molecule has 112 valence electrons. The van der Waals surface area contributed by atoms with Gasteiger partial charge in [-0.25, -0.2) is 4.98 Å². The Hall–Kier alpha value is -2.37. The topological polar surface area (TPSA) is 80.0 Å². The highest BCUT2D eigenvalue weighted by Crippen LogP contribution is 2.12. The fraction of sp³-hybridized carbons (Fsp3) is 0.400. The van der Waals surface area contributed by atoms with Gasteiger partial charge in [-0.3, -0.25) is 4.79 Å². The molecule has 2 aromatic heterocycles. The van der Waals surface area contributed by atoms with Crippen molar-refractivity contribution in [2.24, 2.45) is 0 Å². The first kappa shape index (κ1) is 15.0. The van der Waals surface area contributed by atoms with E-state index in [4.69, 9.17) is 4.52 Å². The van der Waals surface area contributed by atoms with E-state index in [1.54, 1.807) is 19.2 Å². The molecule has 2 heterocycles. The number of aryl methyl sites for hydroxylation is 2. The van der Waals surface area contributed by atoms with Crippen molar-refractivity contribution in [3.63, 3.8) is 0 Å². The summed E-state index contributed by atoms with van der Waals surface area (Å²) in [6.07, 6.45) is 1.83. The van der Waals surface area contributed by atoms with Crippen molar-refractivity contribution in [2.75, 3.05) is 12.4 Å². The molecule has 0 saturated carbocycles. The van der Waals surface area contributed by atoms with Crippen LogP contribution >= 0.6 is 0 Å². The molecule has 0 fully saturated rings. The minimum absolute atomic E-state index is 0.146. The second-order valence-corrected chi connectivity index (χ2v) is 4.84. The maximum Gasteiger partial charge on any atom is 0.251 e. The van der Waals surface area contributed by atoms with Gasteiger partial charge in [-0.2, -0.15) is 0 Å². The monoisotopic (exact) mass is 288 g/mol. The smallest absolute Gasteiger partial charge is 0.251 e. The van der Waals surface area contributed by atoms with E-state index in [0.717, 1.165) is 24.3 Å². The lowest BCUT2D eigenvalue weighted by molar-refractivity contribution is 0.0950. The molecule has 0 radical (unpaired) electrons. The van der Waals surface area contributed by atoms with Gasteiger partial charge in [0, 0.05) is 24.4 Å². The quantitative estimate of drug-likeness (QED) is 0.852. The van der Waals surface area contributed by atoms with E-state index >= 15 is 0 Å². The second-order valence-electron chi connectivity index (χ2n) is 4.84. The van der Waals surface area contributed by atoms with E-state index in [0.29, 0.717) is 23.6 Å².